The van der Waals surface area contributed by atoms with Crippen molar-refractivity contribution in [2.24, 2.45) is 0 Å². The zero-order chi connectivity index (χ0) is 12.3. The molecule has 0 aromatic heterocycles. The van der Waals surface area contributed by atoms with Crippen molar-refractivity contribution in [2.75, 3.05) is 39.3 Å². The number of amides is 1. The quantitative estimate of drug-likeness (QED) is 0.697. The molecule has 2 heterocycles. The van der Waals surface area contributed by atoms with Gasteiger partial charge in [0.15, 0.2) is 0 Å². The van der Waals surface area contributed by atoms with Crippen molar-refractivity contribution >= 4 is 23.0 Å². The monoisotopic (exact) mass is 255 g/mol. The van der Waals surface area contributed by atoms with Crippen LogP contribution >= 0.6 is 12.2 Å². The number of hydrogen-bond donors (Lipinski definition) is 1. The first-order chi connectivity index (χ1) is 8.20. The molecular weight excluding hydrogens is 238 g/mol. The standard InChI is InChI=1S/C11H17N3O2S/c15-8-7-12-3-5-13(6-4-12)14-2-1-10(17)9-11(14)16/h1-2,15H,3-9H2. The molecular formula is C11H17N3O2S. The van der Waals surface area contributed by atoms with Gasteiger partial charge in [-0.05, 0) is 6.08 Å². The molecule has 1 amide bonds. The summed E-state index contributed by atoms with van der Waals surface area (Å²) in [5.41, 5.74) is 0. The van der Waals surface area contributed by atoms with Gasteiger partial charge in [-0.1, -0.05) is 12.2 Å². The Kier molecular flexibility index (Phi) is 4.22. The molecule has 17 heavy (non-hydrogen) atoms. The molecule has 2 aliphatic heterocycles. The van der Waals surface area contributed by atoms with Crippen LogP contribution in [0.2, 0.25) is 0 Å². The number of allylic oxidation sites excluding steroid dienone is 1. The Morgan fingerprint density at radius 3 is 2.59 bits per heavy atom. The van der Waals surface area contributed by atoms with Crippen molar-refractivity contribution in [3.8, 4) is 0 Å². The topological polar surface area (TPSA) is 47.0 Å². The van der Waals surface area contributed by atoms with Crippen LogP contribution in [0.5, 0.6) is 0 Å². The largest absolute Gasteiger partial charge is 0.395 e. The smallest absolute Gasteiger partial charge is 0.246 e. The van der Waals surface area contributed by atoms with Gasteiger partial charge in [-0.25, -0.2) is 10.0 Å². The Morgan fingerprint density at radius 2 is 2.00 bits per heavy atom. The predicted molar refractivity (Wildman–Crippen MR) is 68.3 cm³/mol. The molecule has 94 valence electrons. The van der Waals surface area contributed by atoms with E-state index in [-0.39, 0.29) is 12.5 Å². The van der Waals surface area contributed by atoms with Crippen LogP contribution < -0.4 is 0 Å². The van der Waals surface area contributed by atoms with Crippen LogP contribution in [0, 0.1) is 0 Å². The highest BCUT2D eigenvalue weighted by atomic mass is 32.1. The van der Waals surface area contributed by atoms with Gasteiger partial charge in [0.25, 0.3) is 0 Å². The fraction of sp³-hybridized carbons (Fsp3) is 0.636. The molecule has 0 aromatic rings. The maximum absolute atomic E-state index is 11.8. The molecule has 0 atom stereocenters. The number of hydrogen-bond acceptors (Lipinski definition) is 5. The van der Waals surface area contributed by atoms with Crippen molar-refractivity contribution < 1.29 is 9.90 Å². The Morgan fingerprint density at radius 1 is 1.29 bits per heavy atom. The van der Waals surface area contributed by atoms with E-state index in [0.717, 1.165) is 26.2 Å². The fourth-order valence-electron chi connectivity index (χ4n) is 2.10. The number of β-amino-alcohol motifs (C(OH)–C–C–N with tert-alkyl or cyclic N) is 1. The van der Waals surface area contributed by atoms with Crippen LogP contribution in [0.15, 0.2) is 12.3 Å². The highest BCUT2D eigenvalue weighted by molar-refractivity contribution is 7.80. The second kappa shape index (κ2) is 5.68. The summed E-state index contributed by atoms with van der Waals surface area (Å²) in [4.78, 5) is 14.7. The van der Waals surface area contributed by atoms with Crippen molar-refractivity contribution in [2.45, 2.75) is 6.42 Å². The molecule has 0 bridgehead atoms. The van der Waals surface area contributed by atoms with Gasteiger partial charge >= 0.3 is 0 Å². The summed E-state index contributed by atoms with van der Waals surface area (Å²) in [5.74, 6) is 0.0492. The molecule has 1 fully saturated rings. The highest BCUT2D eigenvalue weighted by Gasteiger charge is 2.26. The van der Waals surface area contributed by atoms with E-state index in [0.29, 0.717) is 17.8 Å². The number of aliphatic hydroxyl groups excluding tert-OH is 1. The van der Waals surface area contributed by atoms with Crippen LogP contribution in [-0.4, -0.2) is 70.1 Å². The number of nitrogens with zero attached hydrogens (tertiary/aromatic N) is 3. The number of aliphatic hydroxyl groups is 1. The van der Waals surface area contributed by atoms with Gasteiger partial charge in [-0.3, -0.25) is 9.69 Å². The lowest BCUT2D eigenvalue weighted by Gasteiger charge is -2.40. The van der Waals surface area contributed by atoms with Gasteiger partial charge < -0.3 is 5.11 Å². The molecule has 0 unspecified atom stereocenters. The number of carbonyl (C=O) groups is 1. The number of rotatable bonds is 3. The van der Waals surface area contributed by atoms with Gasteiger partial charge in [0.2, 0.25) is 5.91 Å². The lowest BCUT2D eigenvalue weighted by atomic mass is 10.2. The average Bonchev–Trinajstić information content (AvgIpc) is 2.31. The van der Waals surface area contributed by atoms with Gasteiger partial charge in [0.1, 0.15) is 0 Å². The van der Waals surface area contributed by atoms with Crippen LogP contribution in [0.25, 0.3) is 0 Å². The predicted octanol–water partition coefficient (Wildman–Crippen LogP) is -0.373. The lowest BCUT2D eigenvalue weighted by molar-refractivity contribution is -0.144. The van der Waals surface area contributed by atoms with Crippen LogP contribution in [0.4, 0.5) is 0 Å². The third kappa shape index (κ3) is 3.10. The van der Waals surface area contributed by atoms with E-state index in [1.807, 2.05) is 11.1 Å². The normalized spacial score (nSPS) is 23.5. The molecule has 0 radical (unpaired) electrons. The van der Waals surface area contributed by atoms with E-state index in [4.69, 9.17) is 17.3 Å². The summed E-state index contributed by atoms with van der Waals surface area (Å²) in [6.07, 6.45) is 3.91. The Bertz CT molecular complexity index is 338. The summed E-state index contributed by atoms with van der Waals surface area (Å²) in [6, 6.07) is 0. The Hall–Kier alpha value is -0.820. The second-order valence-electron chi connectivity index (χ2n) is 4.22. The van der Waals surface area contributed by atoms with Crippen molar-refractivity contribution in [1.29, 1.82) is 0 Å². The van der Waals surface area contributed by atoms with E-state index < -0.39 is 0 Å². The minimum absolute atomic E-state index is 0.0492. The number of hydrazine groups is 1. The molecule has 2 rings (SSSR count). The van der Waals surface area contributed by atoms with Gasteiger partial charge in [0.05, 0.1) is 13.0 Å². The van der Waals surface area contributed by atoms with E-state index >= 15 is 0 Å². The maximum Gasteiger partial charge on any atom is 0.246 e. The van der Waals surface area contributed by atoms with Crippen molar-refractivity contribution in [3.63, 3.8) is 0 Å². The fourth-order valence-corrected chi connectivity index (χ4v) is 2.28. The molecule has 2 aliphatic rings. The first kappa shape index (κ1) is 12.6. The minimum Gasteiger partial charge on any atom is -0.395 e. The molecule has 0 aromatic carbocycles. The lowest BCUT2D eigenvalue weighted by Crippen LogP contribution is -2.54. The first-order valence-electron chi connectivity index (χ1n) is 5.82. The van der Waals surface area contributed by atoms with Crippen molar-refractivity contribution in [1.82, 2.24) is 14.9 Å². The molecule has 0 spiro atoms. The maximum atomic E-state index is 11.8. The number of piperazine rings is 1. The zero-order valence-electron chi connectivity index (χ0n) is 9.71. The van der Waals surface area contributed by atoms with E-state index in [2.05, 4.69) is 4.90 Å². The van der Waals surface area contributed by atoms with E-state index in [9.17, 15) is 4.79 Å². The third-order valence-corrected chi connectivity index (χ3v) is 3.33. The molecule has 1 N–H and O–H groups in total. The Balaban J connectivity index is 1.90. The van der Waals surface area contributed by atoms with Crippen molar-refractivity contribution in [3.05, 3.63) is 12.3 Å². The average molecular weight is 255 g/mol. The van der Waals surface area contributed by atoms with Crippen LogP contribution in [0.1, 0.15) is 6.42 Å². The minimum atomic E-state index is 0.0492. The van der Waals surface area contributed by atoms with E-state index in [1.165, 1.54) is 0 Å². The van der Waals surface area contributed by atoms with Gasteiger partial charge in [0, 0.05) is 43.8 Å². The Labute approximate surface area is 106 Å². The van der Waals surface area contributed by atoms with Crippen LogP contribution in [-0.2, 0) is 4.79 Å². The zero-order valence-corrected chi connectivity index (χ0v) is 10.5. The van der Waals surface area contributed by atoms with Crippen LogP contribution in [0.3, 0.4) is 0 Å². The number of thiocarbonyl (C=S) groups is 1. The summed E-state index contributed by atoms with van der Waals surface area (Å²) in [5, 5.41) is 12.6. The second-order valence-corrected chi connectivity index (χ2v) is 4.74. The first-order valence-corrected chi connectivity index (χ1v) is 6.22. The summed E-state index contributed by atoms with van der Waals surface area (Å²) < 4.78 is 0. The third-order valence-electron chi connectivity index (χ3n) is 3.05. The summed E-state index contributed by atoms with van der Waals surface area (Å²) in [7, 11) is 0. The molecule has 6 heteroatoms. The van der Waals surface area contributed by atoms with E-state index in [1.54, 1.807) is 11.2 Å². The molecule has 0 aliphatic carbocycles. The molecule has 0 saturated carbocycles. The summed E-state index contributed by atoms with van der Waals surface area (Å²) >= 11 is 5.00. The summed E-state index contributed by atoms with van der Waals surface area (Å²) in [6.45, 7) is 4.27. The SMILES string of the molecule is O=C1CC(=S)C=CN1N1CCN(CCO)CC1. The number of carbonyl (C=O) groups excluding carboxylic acids is 1. The highest BCUT2D eigenvalue weighted by Crippen LogP contribution is 2.12. The van der Waals surface area contributed by atoms with Gasteiger partial charge in [-0.2, -0.15) is 0 Å². The van der Waals surface area contributed by atoms with Gasteiger partial charge in [-0.15, -0.1) is 0 Å². The molecule has 5 nitrogen and oxygen atoms in total. The molecule has 1 saturated heterocycles.